The van der Waals surface area contributed by atoms with Gasteiger partial charge < -0.3 is 14.8 Å². The van der Waals surface area contributed by atoms with Gasteiger partial charge in [-0.2, -0.15) is 5.10 Å². The first-order chi connectivity index (χ1) is 17.0. The summed E-state index contributed by atoms with van der Waals surface area (Å²) in [7, 11) is 3.22. The number of ether oxygens (including phenoxy) is 2. The molecule has 0 radical (unpaired) electrons. The molecule has 182 valence electrons. The summed E-state index contributed by atoms with van der Waals surface area (Å²) < 4.78 is 13.9. The minimum atomic E-state index is -0.0376. The van der Waals surface area contributed by atoms with Crippen LogP contribution in [0.25, 0.3) is 21.9 Å². The summed E-state index contributed by atoms with van der Waals surface area (Å²) in [5.74, 6) is 1.26. The number of carbonyl (C=O) groups excluding carboxylic acids is 1. The molecule has 0 bridgehead atoms. The Morgan fingerprint density at radius 2 is 1.89 bits per heavy atom. The van der Waals surface area contributed by atoms with Crippen molar-refractivity contribution in [1.29, 1.82) is 0 Å². The zero-order chi connectivity index (χ0) is 24.8. The van der Waals surface area contributed by atoms with Gasteiger partial charge in [0.2, 0.25) is 5.91 Å². The number of aromatic nitrogens is 3. The molecule has 35 heavy (non-hydrogen) atoms. The molecule has 0 aliphatic carbocycles. The smallest absolute Gasteiger partial charge is 0.224 e. The monoisotopic (exact) mass is 490 g/mol. The fourth-order valence-electron chi connectivity index (χ4n) is 3.94. The van der Waals surface area contributed by atoms with Crippen molar-refractivity contribution < 1.29 is 14.3 Å². The lowest BCUT2D eigenvalue weighted by molar-refractivity contribution is -0.120. The molecule has 0 saturated carbocycles. The first-order valence-electron chi connectivity index (χ1n) is 11.5. The minimum absolute atomic E-state index is 0.0376. The second-order valence-electron chi connectivity index (χ2n) is 8.30. The van der Waals surface area contributed by atoms with E-state index in [1.54, 1.807) is 25.6 Å². The number of fused-ring (bicyclic) bond motifs is 1. The number of aryl methyl sites for hydroxylation is 3. The Labute approximate surface area is 209 Å². The minimum Gasteiger partial charge on any atom is -0.493 e. The second-order valence-corrected chi connectivity index (χ2v) is 9.33. The van der Waals surface area contributed by atoms with Crippen LogP contribution in [-0.2, 0) is 11.3 Å². The predicted molar refractivity (Wildman–Crippen MR) is 141 cm³/mol. The average molecular weight is 491 g/mol. The lowest BCUT2D eigenvalue weighted by atomic mass is 10.1. The Morgan fingerprint density at radius 3 is 2.60 bits per heavy atom. The molecule has 2 heterocycles. The lowest BCUT2D eigenvalue weighted by Crippen LogP contribution is -2.25. The van der Waals surface area contributed by atoms with Gasteiger partial charge in [-0.25, -0.2) is 4.98 Å². The molecule has 0 fully saturated rings. The van der Waals surface area contributed by atoms with Gasteiger partial charge >= 0.3 is 0 Å². The van der Waals surface area contributed by atoms with Crippen LogP contribution < -0.4 is 14.8 Å². The van der Waals surface area contributed by atoms with E-state index in [0.29, 0.717) is 18.0 Å². The molecule has 1 amide bonds. The number of nitrogens with one attached hydrogen (secondary N) is 1. The maximum absolute atomic E-state index is 12.9. The summed E-state index contributed by atoms with van der Waals surface area (Å²) in [4.78, 5) is 17.7. The van der Waals surface area contributed by atoms with E-state index in [1.807, 2.05) is 67.1 Å². The van der Waals surface area contributed by atoms with Gasteiger partial charge in [0.15, 0.2) is 11.5 Å². The van der Waals surface area contributed by atoms with E-state index >= 15 is 0 Å². The van der Waals surface area contributed by atoms with Crippen LogP contribution in [0.4, 0.5) is 0 Å². The Hall–Kier alpha value is -3.65. The summed E-state index contributed by atoms with van der Waals surface area (Å²) in [5, 5.41) is 8.36. The quantitative estimate of drug-likeness (QED) is 0.307. The SMILES string of the molecule is COc1ccc(C=C(CC(=O)NCCCn2nc(C)cc2C)c2nc3ccccc3s2)cc1OC. The standard InChI is InChI=1S/C27H30N4O3S/c1-18-14-19(2)31(30-18)13-7-12-28-26(32)17-21(27-29-22-8-5-6-9-25(22)35-27)15-20-10-11-23(33-3)24(16-20)34-4/h5-6,8-11,14-16H,7,12-13,17H2,1-4H3,(H,28,32). The van der Waals surface area contributed by atoms with Crippen molar-refractivity contribution in [2.24, 2.45) is 0 Å². The number of thiazole rings is 1. The Kier molecular flexibility index (Phi) is 7.82. The lowest BCUT2D eigenvalue weighted by Gasteiger charge is -2.10. The van der Waals surface area contributed by atoms with Crippen molar-refractivity contribution in [2.75, 3.05) is 20.8 Å². The molecular formula is C27H30N4O3S. The number of hydrogen-bond donors (Lipinski definition) is 1. The summed E-state index contributed by atoms with van der Waals surface area (Å²) >= 11 is 1.59. The molecule has 0 unspecified atom stereocenters. The molecule has 2 aromatic carbocycles. The third-order valence-electron chi connectivity index (χ3n) is 5.64. The highest BCUT2D eigenvalue weighted by Crippen LogP contribution is 2.33. The van der Waals surface area contributed by atoms with Crippen molar-refractivity contribution in [3.8, 4) is 11.5 Å². The van der Waals surface area contributed by atoms with Crippen LogP contribution >= 0.6 is 11.3 Å². The van der Waals surface area contributed by atoms with Crippen LogP contribution in [0, 0.1) is 13.8 Å². The van der Waals surface area contributed by atoms with Gasteiger partial charge in [0.25, 0.3) is 0 Å². The number of amides is 1. The fourth-order valence-corrected chi connectivity index (χ4v) is 4.91. The topological polar surface area (TPSA) is 78.3 Å². The van der Waals surface area contributed by atoms with Gasteiger partial charge in [-0.1, -0.05) is 18.2 Å². The molecule has 8 heteroatoms. The molecule has 4 aromatic rings. The van der Waals surface area contributed by atoms with Gasteiger partial charge in [0.1, 0.15) is 5.01 Å². The van der Waals surface area contributed by atoms with Crippen LogP contribution in [-0.4, -0.2) is 41.4 Å². The Bertz CT molecular complexity index is 1320. The summed E-state index contributed by atoms with van der Waals surface area (Å²) in [6.45, 7) is 5.38. The van der Waals surface area contributed by atoms with Crippen molar-refractivity contribution in [2.45, 2.75) is 33.2 Å². The summed E-state index contributed by atoms with van der Waals surface area (Å²) in [6, 6.07) is 15.8. The highest BCUT2D eigenvalue weighted by molar-refractivity contribution is 7.19. The van der Waals surface area contributed by atoms with Gasteiger partial charge in [-0.05, 0) is 67.8 Å². The normalized spacial score (nSPS) is 11.6. The van der Waals surface area contributed by atoms with Gasteiger partial charge in [0.05, 0.1) is 36.6 Å². The van der Waals surface area contributed by atoms with Crippen molar-refractivity contribution in [1.82, 2.24) is 20.1 Å². The van der Waals surface area contributed by atoms with Gasteiger partial charge in [0, 0.05) is 18.8 Å². The van der Waals surface area contributed by atoms with Crippen molar-refractivity contribution in [3.63, 3.8) is 0 Å². The molecular weight excluding hydrogens is 460 g/mol. The molecule has 0 saturated heterocycles. The number of nitrogens with zero attached hydrogens (tertiary/aromatic N) is 3. The average Bonchev–Trinajstić information content (AvgIpc) is 3.43. The molecule has 0 atom stereocenters. The molecule has 7 nitrogen and oxygen atoms in total. The van der Waals surface area contributed by atoms with E-state index in [4.69, 9.17) is 14.5 Å². The number of hydrogen-bond acceptors (Lipinski definition) is 6. The number of benzene rings is 2. The van der Waals surface area contributed by atoms with E-state index in [0.717, 1.165) is 50.7 Å². The fraction of sp³-hybridized carbons (Fsp3) is 0.296. The van der Waals surface area contributed by atoms with Crippen LogP contribution in [0.1, 0.15) is 34.8 Å². The van der Waals surface area contributed by atoms with Gasteiger partial charge in [-0.3, -0.25) is 9.48 Å². The summed E-state index contributed by atoms with van der Waals surface area (Å²) in [5.41, 5.74) is 4.83. The molecule has 4 rings (SSSR count). The second kappa shape index (κ2) is 11.2. The van der Waals surface area contributed by atoms with E-state index in [9.17, 15) is 4.79 Å². The van der Waals surface area contributed by atoms with E-state index in [-0.39, 0.29) is 12.3 Å². The molecule has 0 aliphatic rings. The number of rotatable bonds is 10. The number of para-hydroxylation sites is 1. The van der Waals surface area contributed by atoms with Crippen LogP contribution in [0.2, 0.25) is 0 Å². The highest BCUT2D eigenvalue weighted by atomic mass is 32.1. The zero-order valence-corrected chi connectivity index (χ0v) is 21.3. The Morgan fingerprint density at radius 1 is 1.09 bits per heavy atom. The zero-order valence-electron chi connectivity index (χ0n) is 20.5. The first-order valence-corrected chi connectivity index (χ1v) is 12.3. The van der Waals surface area contributed by atoms with Crippen LogP contribution in [0.5, 0.6) is 11.5 Å². The van der Waals surface area contributed by atoms with E-state index < -0.39 is 0 Å². The predicted octanol–water partition coefficient (Wildman–Crippen LogP) is 5.26. The molecule has 2 aromatic heterocycles. The van der Waals surface area contributed by atoms with Crippen molar-refractivity contribution in [3.05, 3.63) is 70.5 Å². The summed E-state index contributed by atoms with van der Waals surface area (Å²) in [6.07, 6.45) is 3.03. The van der Waals surface area contributed by atoms with Gasteiger partial charge in [-0.15, -0.1) is 11.3 Å². The Balaban J connectivity index is 1.51. The van der Waals surface area contributed by atoms with E-state index in [1.165, 1.54) is 0 Å². The number of methoxy groups -OCH3 is 2. The third kappa shape index (κ3) is 6.08. The first kappa shape index (κ1) is 24.5. The third-order valence-corrected chi connectivity index (χ3v) is 6.75. The van der Waals surface area contributed by atoms with E-state index in [2.05, 4.69) is 16.5 Å². The molecule has 1 N–H and O–H groups in total. The van der Waals surface area contributed by atoms with Crippen LogP contribution in [0.3, 0.4) is 0 Å². The molecule has 0 aliphatic heterocycles. The molecule has 0 spiro atoms. The largest absolute Gasteiger partial charge is 0.493 e. The highest BCUT2D eigenvalue weighted by Gasteiger charge is 2.14. The van der Waals surface area contributed by atoms with Crippen molar-refractivity contribution >= 4 is 39.1 Å². The maximum atomic E-state index is 12.9. The van der Waals surface area contributed by atoms with Crippen LogP contribution in [0.15, 0.2) is 48.5 Å². The number of carbonyl (C=O) groups is 1. The maximum Gasteiger partial charge on any atom is 0.224 e.